The van der Waals surface area contributed by atoms with Crippen LogP contribution < -0.4 is 14.5 Å². The Bertz CT molecular complexity index is 3000. The molecule has 64 heavy (non-hydrogen) atoms. The molecule has 0 saturated carbocycles. The van der Waals surface area contributed by atoms with Gasteiger partial charge in [0.1, 0.15) is 0 Å². The van der Waals surface area contributed by atoms with E-state index < -0.39 is 0 Å². The van der Waals surface area contributed by atoms with Gasteiger partial charge in [-0.15, -0.1) is 0 Å². The fourth-order valence-electron chi connectivity index (χ4n) is 9.20. The van der Waals surface area contributed by atoms with E-state index in [0.29, 0.717) is 0 Å². The zero-order chi connectivity index (χ0) is 42.7. The highest BCUT2D eigenvalue weighted by Gasteiger charge is 2.30. The van der Waals surface area contributed by atoms with Crippen molar-refractivity contribution < 1.29 is 4.74 Å². The predicted octanol–water partition coefficient (Wildman–Crippen LogP) is 16.9. The van der Waals surface area contributed by atoms with Gasteiger partial charge in [-0.3, -0.25) is 0 Å². The van der Waals surface area contributed by atoms with Gasteiger partial charge in [-0.05, 0) is 105 Å². The summed E-state index contributed by atoms with van der Waals surface area (Å²) in [6.07, 6.45) is 0. The monoisotopic (exact) mass is 820 g/mol. The van der Waals surface area contributed by atoms with Crippen molar-refractivity contribution in [2.75, 3.05) is 9.80 Å². The minimum absolute atomic E-state index is 0.0546. The third kappa shape index (κ3) is 7.40. The maximum atomic E-state index is 6.94. The molecular weight excluding hydrogens is 777 g/mol. The van der Waals surface area contributed by atoms with Gasteiger partial charge in [0.15, 0.2) is 11.5 Å². The summed E-state index contributed by atoms with van der Waals surface area (Å²) in [5.74, 6) is 1.53. The van der Waals surface area contributed by atoms with Crippen molar-refractivity contribution in [1.29, 1.82) is 0 Å². The Morgan fingerprint density at radius 1 is 0.344 bits per heavy atom. The van der Waals surface area contributed by atoms with E-state index in [0.717, 1.165) is 62.3 Å². The Hall–Kier alpha value is -8.40. The molecule has 3 nitrogen and oxygen atoms in total. The van der Waals surface area contributed by atoms with Crippen molar-refractivity contribution in [3.8, 4) is 44.9 Å². The summed E-state index contributed by atoms with van der Waals surface area (Å²) in [5.41, 5.74) is 16.8. The van der Waals surface area contributed by atoms with E-state index in [-0.39, 0.29) is 5.92 Å². The molecule has 0 bridgehead atoms. The first-order valence-electron chi connectivity index (χ1n) is 21.9. The van der Waals surface area contributed by atoms with Crippen LogP contribution in [0.3, 0.4) is 0 Å². The molecule has 10 aromatic carbocycles. The average molecular weight is 821 g/mol. The zero-order valence-electron chi connectivity index (χ0n) is 35.2. The first kappa shape index (κ1) is 38.5. The lowest BCUT2D eigenvalue weighted by atomic mass is 9.81. The van der Waals surface area contributed by atoms with E-state index in [9.17, 15) is 0 Å². The molecule has 1 aliphatic rings. The molecular formula is C61H44N2O. The molecule has 0 spiro atoms. The second kappa shape index (κ2) is 17.2. The van der Waals surface area contributed by atoms with Gasteiger partial charge in [-0.25, -0.2) is 0 Å². The van der Waals surface area contributed by atoms with Crippen molar-refractivity contribution in [1.82, 2.24) is 0 Å². The molecule has 10 aromatic rings. The number of anilines is 6. The van der Waals surface area contributed by atoms with Crippen LogP contribution in [0.15, 0.2) is 261 Å². The van der Waals surface area contributed by atoms with Crippen LogP contribution in [0.2, 0.25) is 0 Å². The third-order valence-electron chi connectivity index (χ3n) is 12.2. The Kier molecular flexibility index (Phi) is 10.3. The minimum atomic E-state index is -0.0546. The van der Waals surface area contributed by atoms with Crippen molar-refractivity contribution in [2.45, 2.75) is 5.92 Å². The van der Waals surface area contributed by atoms with Crippen LogP contribution in [0, 0.1) is 0 Å². The molecule has 3 heteroatoms. The van der Waals surface area contributed by atoms with E-state index in [2.05, 4.69) is 271 Å². The fourth-order valence-corrected chi connectivity index (χ4v) is 9.20. The first-order valence-corrected chi connectivity index (χ1v) is 21.9. The van der Waals surface area contributed by atoms with E-state index in [1.54, 1.807) is 0 Å². The summed E-state index contributed by atoms with van der Waals surface area (Å²) in [6, 6.07) is 93.1. The highest BCUT2D eigenvalue weighted by molar-refractivity contribution is 5.93. The van der Waals surface area contributed by atoms with Gasteiger partial charge in [0.25, 0.3) is 0 Å². The molecule has 0 fully saturated rings. The number of fused-ring (bicyclic) bond motifs is 2. The van der Waals surface area contributed by atoms with Gasteiger partial charge < -0.3 is 14.5 Å². The maximum Gasteiger partial charge on any atom is 0.151 e. The van der Waals surface area contributed by atoms with Crippen LogP contribution in [0.5, 0.6) is 11.5 Å². The van der Waals surface area contributed by atoms with E-state index in [1.807, 2.05) is 0 Å². The summed E-state index contributed by atoms with van der Waals surface area (Å²) < 4.78 is 6.94. The van der Waals surface area contributed by atoms with Gasteiger partial charge in [0.2, 0.25) is 0 Å². The molecule has 0 radical (unpaired) electrons. The molecule has 0 saturated heterocycles. The Labute approximate surface area is 375 Å². The van der Waals surface area contributed by atoms with Gasteiger partial charge in [0.05, 0.1) is 17.1 Å². The van der Waals surface area contributed by atoms with Crippen LogP contribution >= 0.6 is 0 Å². The maximum absolute atomic E-state index is 6.94. The summed E-state index contributed by atoms with van der Waals surface area (Å²) in [7, 11) is 0. The fraction of sp³-hybridized carbons (Fsp3) is 0.0164. The lowest BCUT2D eigenvalue weighted by molar-refractivity contribution is 0.476. The molecule has 1 heterocycles. The molecule has 0 N–H and O–H groups in total. The molecule has 11 rings (SSSR count). The van der Waals surface area contributed by atoms with E-state index >= 15 is 0 Å². The lowest BCUT2D eigenvalue weighted by Gasteiger charge is -2.35. The number of nitrogens with zero attached hydrogens (tertiary/aromatic N) is 2. The average Bonchev–Trinajstić information content (AvgIpc) is 3.38. The number of hydrogen-bond donors (Lipinski definition) is 0. The summed E-state index contributed by atoms with van der Waals surface area (Å²) >= 11 is 0. The molecule has 0 aliphatic carbocycles. The van der Waals surface area contributed by atoms with Crippen molar-refractivity contribution in [2.24, 2.45) is 0 Å². The standard InChI is InChI=1S/C61H44N2O/c1-6-20-44(21-7-1)45-34-37-51(38-35-45)63-57-42-49(61(48-26-12-4-13-27-48)55-32-17-16-30-53(55)46-22-8-2-9-23-46)36-40-59(57)64-60-41-39-52(43-58(60)63)62(50-28-14-5-15-29-50)56-33-19-18-31-54(56)47-24-10-3-11-25-47/h1-43,61H. The van der Waals surface area contributed by atoms with Gasteiger partial charge >= 0.3 is 0 Å². The summed E-state index contributed by atoms with van der Waals surface area (Å²) in [6.45, 7) is 0. The van der Waals surface area contributed by atoms with Crippen molar-refractivity contribution in [3.05, 3.63) is 278 Å². The van der Waals surface area contributed by atoms with Crippen LogP contribution in [0.4, 0.5) is 34.1 Å². The van der Waals surface area contributed by atoms with Crippen LogP contribution in [0.25, 0.3) is 33.4 Å². The largest absolute Gasteiger partial charge is 0.453 e. The SMILES string of the molecule is c1ccc(-c2ccc(N3c4cc(C(c5ccccc5)c5ccccc5-c5ccccc5)ccc4Oc4ccc(N(c5ccccc5)c5ccccc5-c5ccccc5)cc43)cc2)cc1. The zero-order valence-corrected chi connectivity index (χ0v) is 35.2. The molecule has 304 valence electrons. The quantitative estimate of drug-likeness (QED) is 0.128. The van der Waals surface area contributed by atoms with Gasteiger partial charge in [-0.2, -0.15) is 0 Å². The molecule has 1 unspecified atom stereocenters. The van der Waals surface area contributed by atoms with Gasteiger partial charge in [-0.1, -0.05) is 200 Å². The summed E-state index contributed by atoms with van der Waals surface area (Å²) in [5, 5.41) is 0. The van der Waals surface area contributed by atoms with E-state index in [1.165, 1.54) is 33.4 Å². The summed E-state index contributed by atoms with van der Waals surface area (Å²) in [4.78, 5) is 4.74. The number of rotatable bonds is 10. The minimum Gasteiger partial charge on any atom is -0.453 e. The van der Waals surface area contributed by atoms with Crippen molar-refractivity contribution in [3.63, 3.8) is 0 Å². The number of hydrogen-bond acceptors (Lipinski definition) is 3. The Morgan fingerprint density at radius 2 is 0.844 bits per heavy atom. The lowest BCUT2D eigenvalue weighted by Crippen LogP contribution is -2.18. The van der Waals surface area contributed by atoms with Crippen LogP contribution in [-0.4, -0.2) is 0 Å². The van der Waals surface area contributed by atoms with E-state index in [4.69, 9.17) is 4.74 Å². The highest BCUT2D eigenvalue weighted by atomic mass is 16.5. The predicted molar refractivity (Wildman–Crippen MR) is 266 cm³/mol. The van der Waals surface area contributed by atoms with Crippen LogP contribution in [0.1, 0.15) is 22.6 Å². The highest BCUT2D eigenvalue weighted by Crippen LogP contribution is 2.54. The van der Waals surface area contributed by atoms with Crippen molar-refractivity contribution >= 4 is 34.1 Å². The second-order valence-corrected chi connectivity index (χ2v) is 16.1. The number of benzene rings is 10. The second-order valence-electron chi connectivity index (χ2n) is 16.1. The molecule has 0 amide bonds. The third-order valence-corrected chi connectivity index (χ3v) is 12.2. The Morgan fingerprint density at radius 3 is 1.52 bits per heavy atom. The normalized spacial score (nSPS) is 12.1. The smallest absolute Gasteiger partial charge is 0.151 e. The number of ether oxygens (including phenoxy) is 1. The first-order chi connectivity index (χ1) is 31.8. The van der Waals surface area contributed by atoms with Gasteiger partial charge in [0, 0.05) is 28.5 Å². The Balaban J connectivity index is 1.10. The number of para-hydroxylation sites is 2. The molecule has 0 aromatic heterocycles. The molecule has 1 atom stereocenters. The van der Waals surface area contributed by atoms with Crippen LogP contribution in [-0.2, 0) is 0 Å². The topological polar surface area (TPSA) is 15.7 Å². The molecule has 1 aliphatic heterocycles.